The summed E-state index contributed by atoms with van der Waals surface area (Å²) in [6.45, 7) is 1.40. The molecule has 0 aromatic rings. The molecule has 0 bridgehead atoms. The minimum Gasteiger partial charge on any atom is -0.364 e. The molecule has 0 heterocycles. The van der Waals surface area contributed by atoms with E-state index in [2.05, 4.69) is 4.98 Å². The predicted molar refractivity (Wildman–Crippen MR) is 55.7 cm³/mol. The van der Waals surface area contributed by atoms with Gasteiger partial charge in [0.15, 0.2) is 0 Å². The molecule has 3 N–H and O–H groups in total. The highest BCUT2D eigenvalue weighted by atomic mass is 35.5. The van der Waals surface area contributed by atoms with Crippen molar-refractivity contribution in [2.75, 3.05) is 34.4 Å². The van der Waals surface area contributed by atoms with E-state index < -0.39 is 8.97 Å². The van der Waals surface area contributed by atoms with Gasteiger partial charge in [-0.2, -0.15) is 0 Å². The highest BCUT2D eigenvalue weighted by molar-refractivity contribution is 6.57. The topological polar surface area (TPSA) is 65.7 Å². The molecule has 0 aliphatic carbocycles. The van der Waals surface area contributed by atoms with Crippen LogP contribution in [0.2, 0.25) is 0 Å². The van der Waals surface area contributed by atoms with Crippen LogP contribution in [-0.4, -0.2) is 43.4 Å². The zero-order valence-corrected chi connectivity index (χ0v) is 10.1. The average Bonchev–Trinajstić information content (AvgIpc) is 2.14. The Morgan fingerprint density at radius 3 is 1.92 bits per heavy atom. The molecular weight excluding hydrogens is 212 g/mol. The van der Waals surface area contributed by atoms with Gasteiger partial charge in [0.25, 0.3) is 0 Å². The summed E-state index contributed by atoms with van der Waals surface area (Å²) in [6.07, 6.45) is 0.880. The summed E-state index contributed by atoms with van der Waals surface area (Å²) in [7, 11) is 2.13. The fourth-order valence-corrected chi connectivity index (χ4v) is 2.23. The quantitative estimate of drug-likeness (QED) is 0.465. The van der Waals surface area contributed by atoms with Crippen molar-refractivity contribution in [2.24, 2.45) is 5.73 Å². The van der Waals surface area contributed by atoms with Crippen LogP contribution in [0.4, 0.5) is 0 Å². The molecule has 0 aliphatic heterocycles. The van der Waals surface area contributed by atoms with E-state index in [0.717, 1.165) is 13.0 Å². The van der Waals surface area contributed by atoms with Crippen LogP contribution in [-0.2, 0) is 13.3 Å². The highest BCUT2D eigenvalue weighted by Gasteiger charge is 2.38. The fourth-order valence-electron chi connectivity index (χ4n) is 0.810. The summed E-state index contributed by atoms with van der Waals surface area (Å²) < 4.78 is 15.4. The van der Waals surface area contributed by atoms with Crippen LogP contribution in [0, 0.1) is 0 Å². The summed E-state index contributed by atoms with van der Waals surface area (Å²) in [5.41, 5.74) is 5.34. The molecule has 0 amide bonds. The van der Waals surface area contributed by atoms with Gasteiger partial charge in [-0.25, -0.2) is 0 Å². The maximum absolute atomic E-state index is 5.34. The molecule has 82 valence electrons. The molecule has 7 heteroatoms. The first kappa shape index (κ1) is 15.8. The van der Waals surface area contributed by atoms with E-state index in [1.54, 1.807) is 21.3 Å². The fraction of sp³-hybridized carbons (Fsp3) is 1.00. The Labute approximate surface area is 86.8 Å². The van der Waals surface area contributed by atoms with Crippen molar-refractivity contribution in [2.45, 2.75) is 6.42 Å². The van der Waals surface area contributed by atoms with Crippen molar-refractivity contribution in [1.29, 1.82) is 0 Å². The first-order valence-electron chi connectivity index (χ1n) is 3.85. The van der Waals surface area contributed by atoms with Gasteiger partial charge in [-0.05, 0) is 19.5 Å². The third kappa shape index (κ3) is 5.58. The summed E-state index contributed by atoms with van der Waals surface area (Å²) in [5.74, 6) is 0. The maximum Gasteiger partial charge on any atom is 0.595 e. The lowest BCUT2D eigenvalue weighted by atomic mass is 10.4. The van der Waals surface area contributed by atoms with E-state index in [1.807, 2.05) is 0 Å². The number of rotatable bonds is 7. The van der Waals surface area contributed by atoms with Crippen molar-refractivity contribution in [3.8, 4) is 0 Å². The molecule has 0 unspecified atom stereocenters. The second kappa shape index (κ2) is 8.89. The van der Waals surface area contributed by atoms with Crippen LogP contribution < -0.4 is 10.7 Å². The molecule has 0 aromatic carbocycles. The molecule has 13 heavy (non-hydrogen) atoms. The van der Waals surface area contributed by atoms with Gasteiger partial charge >= 0.3 is 8.97 Å². The van der Waals surface area contributed by atoms with E-state index in [1.165, 1.54) is 0 Å². The molecule has 0 aromatic heterocycles. The van der Waals surface area contributed by atoms with Crippen LogP contribution in [0.25, 0.3) is 0 Å². The summed E-state index contributed by atoms with van der Waals surface area (Å²) in [6, 6.07) is 0. The second-order valence-electron chi connectivity index (χ2n) is 2.24. The van der Waals surface area contributed by atoms with Gasteiger partial charge in [0.1, 0.15) is 0 Å². The normalized spacial score (nSPS) is 11.1. The van der Waals surface area contributed by atoms with Gasteiger partial charge in [-0.3, -0.25) is 4.98 Å². The molecule has 0 saturated heterocycles. The number of hydrogen-bond donors (Lipinski definition) is 2. The monoisotopic (exact) mass is 230 g/mol. The number of hydrogen-bond acceptors (Lipinski definition) is 5. The minimum atomic E-state index is -2.56. The Morgan fingerprint density at radius 1 is 1.15 bits per heavy atom. The second-order valence-corrected chi connectivity index (χ2v) is 4.93. The SMILES string of the molecule is CO[Si](NCCCN)(OC)OC.Cl. The third-order valence-electron chi connectivity index (χ3n) is 1.53. The number of nitrogens with two attached hydrogens (primary N) is 1. The first-order chi connectivity index (χ1) is 5.74. The third-order valence-corrected chi connectivity index (χ3v) is 3.82. The summed E-state index contributed by atoms with van der Waals surface area (Å²) in [5, 5.41) is 0. The molecular formula is C6H19ClN2O3Si. The largest absolute Gasteiger partial charge is 0.595 e. The molecule has 0 atom stereocenters. The van der Waals surface area contributed by atoms with Crippen molar-refractivity contribution in [3.63, 3.8) is 0 Å². The van der Waals surface area contributed by atoms with Crippen molar-refractivity contribution in [1.82, 2.24) is 4.98 Å². The van der Waals surface area contributed by atoms with E-state index in [9.17, 15) is 0 Å². The molecule has 0 spiro atoms. The van der Waals surface area contributed by atoms with E-state index in [-0.39, 0.29) is 12.4 Å². The average molecular weight is 231 g/mol. The minimum absolute atomic E-state index is 0. The standard InChI is InChI=1S/C6H18N2O3Si.ClH/c1-9-12(10-2,11-3)8-6-4-5-7;/h8H,4-7H2,1-3H3;1H. The Balaban J connectivity index is 0. The van der Waals surface area contributed by atoms with Crippen LogP contribution in [0.1, 0.15) is 6.42 Å². The lowest BCUT2D eigenvalue weighted by Gasteiger charge is -2.24. The van der Waals surface area contributed by atoms with Gasteiger partial charge in [-0.15, -0.1) is 12.4 Å². The summed E-state index contributed by atoms with van der Waals surface area (Å²) in [4.78, 5) is 3.08. The Hall–Kier alpha value is 0.307. The molecule has 0 rings (SSSR count). The lowest BCUT2D eigenvalue weighted by molar-refractivity contribution is 0.110. The van der Waals surface area contributed by atoms with Crippen molar-refractivity contribution < 1.29 is 13.3 Å². The molecule has 0 radical (unpaired) electrons. The smallest absolute Gasteiger partial charge is 0.364 e. The van der Waals surface area contributed by atoms with Crippen molar-refractivity contribution >= 4 is 21.4 Å². The number of nitrogens with one attached hydrogen (secondary N) is 1. The van der Waals surface area contributed by atoms with E-state index in [0.29, 0.717) is 6.54 Å². The maximum atomic E-state index is 5.34. The Bertz CT molecular complexity index is 108. The van der Waals surface area contributed by atoms with Gasteiger partial charge < -0.3 is 19.0 Å². The van der Waals surface area contributed by atoms with Gasteiger partial charge in [0.2, 0.25) is 0 Å². The van der Waals surface area contributed by atoms with Crippen molar-refractivity contribution in [3.05, 3.63) is 0 Å². The summed E-state index contributed by atoms with van der Waals surface area (Å²) >= 11 is 0. The highest BCUT2D eigenvalue weighted by Crippen LogP contribution is 2.00. The number of halogens is 1. The molecule has 5 nitrogen and oxygen atoms in total. The van der Waals surface area contributed by atoms with Crippen LogP contribution >= 0.6 is 12.4 Å². The Kier molecular flexibility index (Phi) is 10.8. The zero-order chi connectivity index (χ0) is 9.45. The molecule has 0 aliphatic rings. The molecule has 0 fully saturated rings. The van der Waals surface area contributed by atoms with E-state index in [4.69, 9.17) is 19.0 Å². The zero-order valence-electron chi connectivity index (χ0n) is 8.33. The van der Waals surface area contributed by atoms with Gasteiger partial charge in [-0.1, -0.05) is 0 Å². The van der Waals surface area contributed by atoms with Crippen LogP contribution in [0.3, 0.4) is 0 Å². The van der Waals surface area contributed by atoms with Crippen LogP contribution in [0.5, 0.6) is 0 Å². The Morgan fingerprint density at radius 2 is 1.62 bits per heavy atom. The van der Waals surface area contributed by atoms with Crippen LogP contribution in [0.15, 0.2) is 0 Å². The lowest BCUT2D eigenvalue weighted by Crippen LogP contribution is -2.57. The van der Waals surface area contributed by atoms with E-state index >= 15 is 0 Å². The first-order valence-corrected chi connectivity index (χ1v) is 5.57. The van der Waals surface area contributed by atoms with Gasteiger partial charge in [0, 0.05) is 21.3 Å². The van der Waals surface area contributed by atoms with Gasteiger partial charge in [0.05, 0.1) is 0 Å². The molecule has 0 saturated carbocycles. The predicted octanol–water partition coefficient (Wildman–Crippen LogP) is -0.279.